The Kier molecular flexibility index (Phi) is 4.37. The second kappa shape index (κ2) is 6.02. The van der Waals surface area contributed by atoms with Crippen LogP contribution in [0.1, 0.15) is 11.3 Å². The number of aryl methyl sites for hydroxylation is 1. The van der Waals surface area contributed by atoms with E-state index in [1.165, 1.54) is 0 Å². The van der Waals surface area contributed by atoms with Crippen LogP contribution in [-0.2, 0) is 5.33 Å². The number of methoxy groups -OCH3 is 2. The first kappa shape index (κ1) is 13.8. The molecule has 100 valence electrons. The molecule has 19 heavy (non-hydrogen) atoms. The SMILES string of the molecule is COc1ccc(-c2ncc(CBr)c(C)n2)cc1OC. The van der Waals surface area contributed by atoms with Crippen LogP contribution in [0.2, 0.25) is 0 Å². The van der Waals surface area contributed by atoms with Crippen LogP contribution in [0.25, 0.3) is 11.4 Å². The number of halogens is 1. The number of hydrogen-bond acceptors (Lipinski definition) is 4. The van der Waals surface area contributed by atoms with Crippen LogP contribution in [0.4, 0.5) is 0 Å². The molecule has 0 saturated carbocycles. The van der Waals surface area contributed by atoms with Gasteiger partial charge in [0.25, 0.3) is 0 Å². The minimum absolute atomic E-state index is 0.672. The maximum atomic E-state index is 5.29. The summed E-state index contributed by atoms with van der Waals surface area (Å²) in [6, 6.07) is 5.65. The van der Waals surface area contributed by atoms with E-state index in [1.807, 2.05) is 31.3 Å². The Morgan fingerprint density at radius 3 is 2.47 bits per heavy atom. The van der Waals surface area contributed by atoms with Crippen molar-refractivity contribution in [1.82, 2.24) is 9.97 Å². The van der Waals surface area contributed by atoms with Crippen molar-refractivity contribution in [3.8, 4) is 22.9 Å². The van der Waals surface area contributed by atoms with Crippen LogP contribution in [0, 0.1) is 6.92 Å². The quantitative estimate of drug-likeness (QED) is 0.809. The molecule has 5 heteroatoms. The van der Waals surface area contributed by atoms with E-state index in [2.05, 4.69) is 25.9 Å². The molecule has 0 amide bonds. The van der Waals surface area contributed by atoms with Gasteiger partial charge in [0.15, 0.2) is 17.3 Å². The molecule has 0 spiro atoms. The minimum Gasteiger partial charge on any atom is -0.493 e. The number of rotatable bonds is 4. The Labute approximate surface area is 120 Å². The van der Waals surface area contributed by atoms with Crippen molar-refractivity contribution in [2.45, 2.75) is 12.3 Å². The molecule has 1 heterocycles. The number of benzene rings is 1. The summed E-state index contributed by atoms with van der Waals surface area (Å²) in [5, 5.41) is 0.755. The van der Waals surface area contributed by atoms with Gasteiger partial charge in [0, 0.05) is 28.3 Å². The third-order valence-corrected chi connectivity index (χ3v) is 3.47. The molecule has 4 nitrogen and oxygen atoms in total. The van der Waals surface area contributed by atoms with E-state index >= 15 is 0 Å². The fourth-order valence-corrected chi connectivity index (χ4v) is 2.29. The van der Waals surface area contributed by atoms with Crippen molar-refractivity contribution >= 4 is 15.9 Å². The standard InChI is InChI=1S/C14H15BrN2O2/c1-9-11(7-15)8-16-14(17-9)10-4-5-12(18-2)13(6-10)19-3/h4-6,8H,7H2,1-3H3. The summed E-state index contributed by atoms with van der Waals surface area (Å²) >= 11 is 3.41. The first-order chi connectivity index (χ1) is 9.19. The van der Waals surface area contributed by atoms with Crippen LogP contribution < -0.4 is 9.47 Å². The smallest absolute Gasteiger partial charge is 0.161 e. The fraction of sp³-hybridized carbons (Fsp3) is 0.286. The monoisotopic (exact) mass is 322 g/mol. The third kappa shape index (κ3) is 2.87. The zero-order valence-electron chi connectivity index (χ0n) is 11.1. The highest BCUT2D eigenvalue weighted by Gasteiger charge is 2.09. The van der Waals surface area contributed by atoms with Crippen LogP contribution >= 0.6 is 15.9 Å². The van der Waals surface area contributed by atoms with E-state index in [9.17, 15) is 0 Å². The molecule has 0 aliphatic heterocycles. The largest absolute Gasteiger partial charge is 0.493 e. The van der Waals surface area contributed by atoms with Gasteiger partial charge in [-0.25, -0.2) is 9.97 Å². The molecule has 0 saturated heterocycles. The van der Waals surface area contributed by atoms with E-state index in [1.54, 1.807) is 14.2 Å². The summed E-state index contributed by atoms with van der Waals surface area (Å²) in [6.45, 7) is 1.97. The molecule has 1 aromatic heterocycles. The first-order valence-electron chi connectivity index (χ1n) is 5.80. The summed E-state index contributed by atoms with van der Waals surface area (Å²) in [7, 11) is 3.23. The van der Waals surface area contributed by atoms with E-state index in [0.29, 0.717) is 17.3 Å². The minimum atomic E-state index is 0.672. The predicted molar refractivity (Wildman–Crippen MR) is 77.9 cm³/mol. The lowest BCUT2D eigenvalue weighted by Gasteiger charge is -2.09. The average molecular weight is 323 g/mol. The van der Waals surface area contributed by atoms with Gasteiger partial charge in [0.1, 0.15) is 0 Å². The number of aromatic nitrogens is 2. The molecular formula is C14H15BrN2O2. The van der Waals surface area contributed by atoms with Gasteiger partial charge in [0.05, 0.1) is 14.2 Å². The van der Waals surface area contributed by atoms with Crippen molar-refractivity contribution in [1.29, 1.82) is 0 Å². The molecular weight excluding hydrogens is 308 g/mol. The molecule has 0 aliphatic rings. The van der Waals surface area contributed by atoms with Crippen LogP contribution in [0.5, 0.6) is 11.5 Å². The van der Waals surface area contributed by atoms with Crippen molar-refractivity contribution < 1.29 is 9.47 Å². The summed E-state index contributed by atoms with van der Waals surface area (Å²) in [5.41, 5.74) is 2.96. The average Bonchev–Trinajstić information content (AvgIpc) is 2.46. The lowest BCUT2D eigenvalue weighted by Crippen LogP contribution is -1.97. The summed E-state index contributed by atoms with van der Waals surface area (Å²) in [4.78, 5) is 8.88. The van der Waals surface area contributed by atoms with Gasteiger partial charge in [-0.15, -0.1) is 0 Å². The molecule has 0 atom stereocenters. The fourth-order valence-electron chi connectivity index (χ4n) is 1.74. The summed E-state index contributed by atoms with van der Waals surface area (Å²) < 4.78 is 10.5. The highest BCUT2D eigenvalue weighted by Crippen LogP contribution is 2.31. The van der Waals surface area contributed by atoms with Crippen molar-refractivity contribution in [2.24, 2.45) is 0 Å². The van der Waals surface area contributed by atoms with E-state index < -0.39 is 0 Å². The number of hydrogen-bond donors (Lipinski definition) is 0. The second-order valence-corrected chi connectivity index (χ2v) is 4.57. The molecule has 0 bridgehead atoms. The van der Waals surface area contributed by atoms with Crippen molar-refractivity contribution in [2.75, 3.05) is 14.2 Å². The van der Waals surface area contributed by atoms with Gasteiger partial charge in [-0.2, -0.15) is 0 Å². The van der Waals surface area contributed by atoms with E-state index in [-0.39, 0.29) is 0 Å². The van der Waals surface area contributed by atoms with E-state index in [0.717, 1.165) is 22.2 Å². The molecule has 0 radical (unpaired) electrons. The van der Waals surface area contributed by atoms with Crippen LogP contribution in [0.15, 0.2) is 24.4 Å². The Hall–Kier alpha value is -1.62. The van der Waals surface area contributed by atoms with E-state index in [4.69, 9.17) is 9.47 Å². The molecule has 1 aromatic carbocycles. The predicted octanol–water partition coefficient (Wildman–Crippen LogP) is 3.36. The van der Waals surface area contributed by atoms with Gasteiger partial charge < -0.3 is 9.47 Å². The molecule has 2 rings (SSSR count). The molecule has 0 aliphatic carbocycles. The lowest BCUT2D eigenvalue weighted by atomic mass is 10.1. The van der Waals surface area contributed by atoms with Gasteiger partial charge in [-0.3, -0.25) is 0 Å². The Balaban J connectivity index is 2.44. The maximum absolute atomic E-state index is 5.29. The Morgan fingerprint density at radius 1 is 1.16 bits per heavy atom. The summed E-state index contributed by atoms with van der Waals surface area (Å²) in [6.07, 6.45) is 1.84. The normalized spacial score (nSPS) is 10.3. The van der Waals surface area contributed by atoms with Gasteiger partial charge in [-0.05, 0) is 25.1 Å². The highest BCUT2D eigenvalue weighted by molar-refractivity contribution is 9.08. The summed E-state index contributed by atoms with van der Waals surface area (Å²) in [5.74, 6) is 2.05. The third-order valence-electron chi connectivity index (χ3n) is 2.87. The van der Waals surface area contributed by atoms with Gasteiger partial charge >= 0.3 is 0 Å². The molecule has 2 aromatic rings. The molecule has 0 fully saturated rings. The number of alkyl halides is 1. The highest BCUT2D eigenvalue weighted by atomic mass is 79.9. The maximum Gasteiger partial charge on any atom is 0.161 e. The number of ether oxygens (including phenoxy) is 2. The zero-order valence-corrected chi connectivity index (χ0v) is 12.7. The van der Waals surface area contributed by atoms with Crippen molar-refractivity contribution in [3.05, 3.63) is 35.7 Å². The Morgan fingerprint density at radius 2 is 1.89 bits per heavy atom. The van der Waals surface area contributed by atoms with Gasteiger partial charge in [-0.1, -0.05) is 15.9 Å². The zero-order chi connectivity index (χ0) is 13.8. The Bertz CT molecular complexity index is 588. The first-order valence-corrected chi connectivity index (χ1v) is 6.92. The topological polar surface area (TPSA) is 44.2 Å². The van der Waals surface area contributed by atoms with Crippen LogP contribution in [0.3, 0.4) is 0 Å². The molecule has 0 N–H and O–H groups in total. The van der Waals surface area contributed by atoms with Gasteiger partial charge in [0.2, 0.25) is 0 Å². The lowest BCUT2D eigenvalue weighted by molar-refractivity contribution is 0.355. The second-order valence-electron chi connectivity index (χ2n) is 4.01. The number of nitrogens with zero attached hydrogens (tertiary/aromatic N) is 2. The molecule has 0 unspecified atom stereocenters. The van der Waals surface area contributed by atoms with Crippen LogP contribution in [-0.4, -0.2) is 24.2 Å². The van der Waals surface area contributed by atoms with Crippen molar-refractivity contribution in [3.63, 3.8) is 0 Å².